The minimum absolute atomic E-state index is 0.0840. The quantitative estimate of drug-likeness (QED) is 0.867. The highest BCUT2D eigenvalue weighted by Gasteiger charge is 2.14. The zero-order valence-corrected chi connectivity index (χ0v) is 11.6. The number of hydrogen-bond donors (Lipinski definition) is 1. The summed E-state index contributed by atoms with van der Waals surface area (Å²) >= 11 is 0. The number of aryl methyl sites for hydroxylation is 1. The number of aromatic nitrogens is 1. The molecule has 1 amide bonds. The maximum Gasteiger partial charge on any atom is 0.251 e. The van der Waals surface area contributed by atoms with E-state index in [1.807, 2.05) is 38.1 Å². The molecule has 20 heavy (non-hydrogen) atoms. The summed E-state index contributed by atoms with van der Waals surface area (Å²) in [5, 5.41) is 2.91. The van der Waals surface area contributed by atoms with Crippen molar-refractivity contribution in [3.05, 3.63) is 65.2 Å². The topological polar surface area (TPSA) is 42.0 Å². The van der Waals surface area contributed by atoms with Crippen molar-refractivity contribution in [3.63, 3.8) is 0 Å². The molecule has 0 radical (unpaired) electrons. The van der Waals surface area contributed by atoms with E-state index in [2.05, 4.69) is 10.3 Å². The number of nitrogens with one attached hydrogen (secondary N) is 1. The molecule has 0 aliphatic heterocycles. The lowest BCUT2D eigenvalue weighted by Gasteiger charge is -2.17. The predicted molar refractivity (Wildman–Crippen MR) is 75.9 cm³/mol. The van der Waals surface area contributed by atoms with Crippen LogP contribution in [-0.4, -0.2) is 10.9 Å². The van der Waals surface area contributed by atoms with Crippen molar-refractivity contribution in [1.82, 2.24) is 10.3 Å². The summed E-state index contributed by atoms with van der Waals surface area (Å²) in [6.07, 6.45) is 2.06. The molecule has 3 nitrogen and oxygen atoms in total. The lowest BCUT2D eigenvalue weighted by Crippen LogP contribution is -2.28. The Morgan fingerprint density at radius 2 is 2.00 bits per heavy atom. The van der Waals surface area contributed by atoms with Gasteiger partial charge in [0.25, 0.3) is 5.91 Å². The van der Waals surface area contributed by atoms with E-state index in [9.17, 15) is 9.18 Å². The van der Waals surface area contributed by atoms with Gasteiger partial charge in [0.15, 0.2) is 0 Å². The maximum absolute atomic E-state index is 13.0. The Kier molecular flexibility index (Phi) is 4.45. The van der Waals surface area contributed by atoms with Gasteiger partial charge in [0.05, 0.1) is 6.04 Å². The molecule has 0 aliphatic carbocycles. The lowest BCUT2D eigenvalue weighted by atomic mass is 10.0. The summed E-state index contributed by atoms with van der Waals surface area (Å²) in [5.74, 6) is -0.945. The molecule has 104 valence electrons. The fourth-order valence-corrected chi connectivity index (χ4v) is 2.01. The van der Waals surface area contributed by atoms with Crippen LogP contribution in [0.1, 0.15) is 40.9 Å². The van der Waals surface area contributed by atoms with Gasteiger partial charge in [-0.2, -0.15) is 4.39 Å². The second-order valence-corrected chi connectivity index (χ2v) is 4.71. The van der Waals surface area contributed by atoms with E-state index in [4.69, 9.17) is 0 Å². The van der Waals surface area contributed by atoms with Gasteiger partial charge in [0.1, 0.15) is 0 Å². The number of benzene rings is 1. The smallest absolute Gasteiger partial charge is 0.251 e. The second-order valence-electron chi connectivity index (χ2n) is 4.71. The van der Waals surface area contributed by atoms with Crippen LogP contribution in [-0.2, 0) is 0 Å². The monoisotopic (exact) mass is 272 g/mol. The molecular weight excluding hydrogens is 255 g/mol. The Hall–Kier alpha value is -2.23. The van der Waals surface area contributed by atoms with Crippen molar-refractivity contribution >= 4 is 5.91 Å². The summed E-state index contributed by atoms with van der Waals surface area (Å²) < 4.78 is 13.0. The maximum atomic E-state index is 13.0. The van der Waals surface area contributed by atoms with Crippen molar-refractivity contribution in [2.45, 2.75) is 26.3 Å². The van der Waals surface area contributed by atoms with Gasteiger partial charge in [-0.05, 0) is 25.0 Å². The second kappa shape index (κ2) is 6.28. The first kappa shape index (κ1) is 14.2. The number of amides is 1. The molecule has 1 atom stereocenters. The first-order chi connectivity index (χ1) is 9.60. The van der Waals surface area contributed by atoms with Gasteiger partial charge in [-0.3, -0.25) is 4.79 Å². The molecular formula is C16H17FN2O. The molecule has 2 rings (SSSR count). The molecule has 0 aliphatic rings. The molecule has 0 saturated heterocycles. The van der Waals surface area contributed by atoms with Crippen LogP contribution in [0.3, 0.4) is 0 Å². The van der Waals surface area contributed by atoms with Crippen molar-refractivity contribution < 1.29 is 9.18 Å². The molecule has 0 fully saturated rings. The van der Waals surface area contributed by atoms with Crippen molar-refractivity contribution in [2.24, 2.45) is 0 Å². The predicted octanol–water partition coefficient (Wildman–Crippen LogP) is 3.41. The Labute approximate surface area is 117 Å². The van der Waals surface area contributed by atoms with E-state index >= 15 is 0 Å². The standard InChI is InChI=1S/C16H17FN2O/c1-3-14(12-6-4-11(2)5-7-12)19-16(20)13-8-9-18-15(17)10-13/h4-10,14H,3H2,1-2H3,(H,19,20). The average molecular weight is 272 g/mol. The molecule has 0 saturated carbocycles. The van der Waals surface area contributed by atoms with E-state index in [1.54, 1.807) is 0 Å². The van der Waals surface area contributed by atoms with Crippen LogP contribution in [0.15, 0.2) is 42.6 Å². The number of halogens is 1. The Bertz CT molecular complexity index is 596. The summed E-state index contributed by atoms with van der Waals surface area (Å²) in [5.41, 5.74) is 2.50. The number of pyridine rings is 1. The lowest BCUT2D eigenvalue weighted by molar-refractivity contribution is 0.0935. The van der Waals surface area contributed by atoms with Gasteiger partial charge < -0.3 is 5.32 Å². The minimum atomic E-state index is -0.652. The fourth-order valence-electron chi connectivity index (χ4n) is 2.01. The summed E-state index contributed by atoms with van der Waals surface area (Å²) in [7, 11) is 0. The van der Waals surface area contributed by atoms with Crippen LogP contribution in [0, 0.1) is 12.9 Å². The van der Waals surface area contributed by atoms with Crippen LogP contribution < -0.4 is 5.32 Å². The van der Waals surface area contributed by atoms with E-state index in [0.29, 0.717) is 0 Å². The number of carbonyl (C=O) groups is 1. The number of carbonyl (C=O) groups excluding carboxylic acids is 1. The van der Waals surface area contributed by atoms with Crippen molar-refractivity contribution in [2.75, 3.05) is 0 Å². The first-order valence-corrected chi connectivity index (χ1v) is 6.59. The number of nitrogens with zero attached hydrogens (tertiary/aromatic N) is 1. The summed E-state index contributed by atoms with van der Waals surface area (Å²) in [6, 6.07) is 10.6. The number of rotatable bonds is 4. The van der Waals surface area contributed by atoms with Crippen LogP contribution in [0.4, 0.5) is 4.39 Å². The van der Waals surface area contributed by atoms with Gasteiger partial charge in [-0.1, -0.05) is 36.8 Å². The third-order valence-electron chi connectivity index (χ3n) is 3.18. The SMILES string of the molecule is CCC(NC(=O)c1ccnc(F)c1)c1ccc(C)cc1. The van der Waals surface area contributed by atoms with Crippen LogP contribution in [0.2, 0.25) is 0 Å². The van der Waals surface area contributed by atoms with E-state index < -0.39 is 5.95 Å². The third kappa shape index (κ3) is 3.41. The summed E-state index contributed by atoms with van der Waals surface area (Å²) in [4.78, 5) is 15.5. The van der Waals surface area contributed by atoms with Crippen molar-refractivity contribution in [3.8, 4) is 0 Å². The molecule has 0 spiro atoms. The van der Waals surface area contributed by atoms with Gasteiger partial charge >= 0.3 is 0 Å². The zero-order chi connectivity index (χ0) is 14.5. The molecule has 1 unspecified atom stereocenters. The largest absolute Gasteiger partial charge is 0.345 e. The van der Waals surface area contributed by atoms with E-state index in [1.165, 1.54) is 17.8 Å². The van der Waals surface area contributed by atoms with E-state index in [-0.39, 0.29) is 17.5 Å². The summed E-state index contributed by atoms with van der Waals surface area (Å²) in [6.45, 7) is 4.01. The Morgan fingerprint density at radius 3 is 2.60 bits per heavy atom. The molecule has 0 bridgehead atoms. The third-order valence-corrected chi connectivity index (χ3v) is 3.18. The average Bonchev–Trinajstić information content (AvgIpc) is 2.45. The molecule has 1 heterocycles. The van der Waals surface area contributed by atoms with Crippen LogP contribution >= 0.6 is 0 Å². The highest BCUT2D eigenvalue weighted by atomic mass is 19.1. The molecule has 4 heteroatoms. The Balaban J connectivity index is 2.14. The van der Waals surface area contributed by atoms with E-state index in [0.717, 1.165) is 18.1 Å². The minimum Gasteiger partial charge on any atom is -0.345 e. The zero-order valence-electron chi connectivity index (χ0n) is 11.6. The first-order valence-electron chi connectivity index (χ1n) is 6.59. The van der Waals surface area contributed by atoms with Gasteiger partial charge in [0, 0.05) is 17.8 Å². The molecule has 1 N–H and O–H groups in total. The highest BCUT2D eigenvalue weighted by Crippen LogP contribution is 2.18. The van der Waals surface area contributed by atoms with Gasteiger partial charge in [-0.15, -0.1) is 0 Å². The molecule has 1 aromatic heterocycles. The molecule has 1 aromatic carbocycles. The Morgan fingerprint density at radius 1 is 1.30 bits per heavy atom. The highest BCUT2D eigenvalue weighted by molar-refractivity contribution is 5.94. The van der Waals surface area contributed by atoms with Gasteiger partial charge in [0.2, 0.25) is 5.95 Å². The van der Waals surface area contributed by atoms with Crippen molar-refractivity contribution in [1.29, 1.82) is 0 Å². The van der Waals surface area contributed by atoms with Crippen LogP contribution in [0.25, 0.3) is 0 Å². The van der Waals surface area contributed by atoms with Gasteiger partial charge in [-0.25, -0.2) is 4.98 Å². The number of hydrogen-bond acceptors (Lipinski definition) is 2. The normalized spacial score (nSPS) is 11.9. The fraction of sp³-hybridized carbons (Fsp3) is 0.250. The molecule has 2 aromatic rings. The van der Waals surface area contributed by atoms with Crippen LogP contribution in [0.5, 0.6) is 0 Å².